The summed E-state index contributed by atoms with van der Waals surface area (Å²) in [6, 6.07) is 0.440. The fourth-order valence-electron chi connectivity index (χ4n) is 1.23. The molecule has 112 valence electrons. The lowest BCUT2D eigenvalue weighted by Gasteiger charge is -2.09. The van der Waals surface area contributed by atoms with Gasteiger partial charge in [0.15, 0.2) is 9.84 Å². The highest BCUT2D eigenvalue weighted by atomic mass is 32.2. The molecular formula is C10H11F3N2O4S. The molecule has 0 aliphatic carbocycles. The summed E-state index contributed by atoms with van der Waals surface area (Å²) in [4.78, 5) is 24.5. The van der Waals surface area contributed by atoms with Crippen LogP contribution in [-0.4, -0.2) is 30.8 Å². The van der Waals surface area contributed by atoms with Gasteiger partial charge >= 0.3 is 6.18 Å². The first-order chi connectivity index (χ1) is 9.05. The molecule has 0 aromatic carbocycles. The Kier molecular flexibility index (Phi) is 4.58. The number of alkyl halides is 3. The summed E-state index contributed by atoms with van der Waals surface area (Å²) in [6.45, 7) is 1.32. The van der Waals surface area contributed by atoms with E-state index in [1.165, 1.54) is 6.92 Å². The van der Waals surface area contributed by atoms with Crippen molar-refractivity contribution in [2.24, 2.45) is 0 Å². The van der Waals surface area contributed by atoms with Crippen molar-refractivity contribution in [2.45, 2.75) is 13.1 Å². The molecule has 0 aliphatic heterocycles. The predicted molar refractivity (Wildman–Crippen MR) is 65.0 cm³/mol. The van der Waals surface area contributed by atoms with Crippen LogP contribution in [-0.2, 0) is 20.8 Å². The van der Waals surface area contributed by atoms with Crippen molar-refractivity contribution in [3.8, 4) is 0 Å². The van der Waals surface area contributed by atoms with Gasteiger partial charge < -0.3 is 10.3 Å². The van der Waals surface area contributed by atoms with Crippen LogP contribution in [0, 0.1) is 0 Å². The van der Waals surface area contributed by atoms with Gasteiger partial charge in [-0.25, -0.2) is 8.42 Å². The maximum Gasteiger partial charge on any atom is 0.417 e. The minimum atomic E-state index is -4.70. The van der Waals surface area contributed by atoms with Crippen molar-refractivity contribution in [3.63, 3.8) is 0 Å². The summed E-state index contributed by atoms with van der Waals surface area (Å²) in [5, 5.41) is 1.85. The molecule has 0 saturated heterocycles. The van der Waals surface area contributed by atoms with E-state index in [9.17, 15) is 31.2 Å². The molecule has 20 heavy (non-hydrogen) atoms. The lowest BCUT2D eigenvalue weighted by molar-refractivity contribution is -0.137. The third-order valence-electron chi connectivity index (χ3n) is 2.30. The van der Waals surface area contributed by atoms with Crippen molar-refractivity contribution in [3.05, 3.63) is 28.2 Å². The van der Waals surface area contributed by atoms with Gasteiger partial charge in [0.1, 0.15) is 11.4 Å². The number of carbonyl (C=O) groups is 1. The molecule has 0 atom stereocenters. The van der Waals surface area contributed by atoms with Crippen molar-refractivity contribution < 1.29 is 26.4 Å². The van der Waals surface area contributed by atoms with Gasteiger partial charge in [0.05, 0.1) is 5.56 Å². The summed E-state index contributed by atoms with van der Waals surface area (Å²) in [6.07, 6.45) is -4.24. The molecule has 2 N–H and O–H groups in total. The van der Waals surface area contributed by atoms with Crippen LogP contribution in [0.15, 0.2) is 17.1 Å². The van der Waals surface area contributed by atoms with Crippen LogP contribution in [0.1, 0.15) is 12.5 Å². The van der Waals surface area contributed by atoms with E-state index in [4.69, 9.17) is 0 Å². The Morgan fingerprint density at radius 1 is 1.40 bits per heavy atom. The van der Waals surface area contributed by atoms with E-state index in [1.807, 2.05) is 10.3 Å². The van der Waals surface area contributed by atoms with Gasteiger partial charge in [0.2, 0.25) is 5.91 Å². The maximum absolute atomic E-state index is 12.4. The molecule has 0 bridgehead atoms. The second-order valence-corrected chi connectivity index (χ2v) is 6.21. The number of carbonyl (C=O) groups excluding carboxylic acids is 1. The fraction of sp³-hybridized carbons (Fsp3) is 0.400. The summed E-state index contributed by atoms with van der Waals surface area (Å²) in [7, 11) is -3.64. The number of nitrogens with one attached hydrogen (secondary N) is 2. The van der Waals surface area contributed by atoms with E-state index in [2.05, 4.69) is 0 Å². The summed E-state index contributed by atoms with van der Waals surface area (Å²) in [5.41, 5.74) is -2.78. The molecule has 1 heterocycles. The van der Waals surface area contributed by atoms with Crippen LogP contribution >= 0.6 is 0 Å². The monoisotopic (exact) mass is 312 g/mol. The molecular weight excluding hydrogens is 301 g/mol. The third-order valence-corrected chi connectivity index (χ3v) is 3.88. The zero-order valence-electron chi connectivity index (χ0n) is 10.2. The van der Waals surface area contributed by atoms with E-state index in [0.717, 1.165) is 0 Å². The minimum absolute atomic E-state index is 0.292. The lowest BCUT2D eigenvalue weighted by Crippen LogP contribution is -2.27. The number of aromatic amines is 1. The number of hydrogen-bond donors (Lipinski definition) is 2. The van der Waals surface area contributed by atoms with Gasteiger partial charge in [-0.1, -0.05) is 6.92 Å². The first kappa shape index (κ1) is 16.2. The number of halogens is 3. The van der Waals surface area contributed by atoms with E-state index >= 15 is 0 Å². The van der Waals surface area contributed by atoms with Gasteiger partial charge in [-0.05, 0) is 6.07 Å². The third kappa shape index (κ3) is 4.37. The number of pyridine rings is 1. The number of amides is 1. The molecule has 1 amide bonds. The first-order valence-electron chi connectivity index (χ1n) is 5.35. The molecule has 0 fully saturated rings. The quantitative estimate of drug-likeness (QED) is 0.858. The van der Waals surface area contributed by atoms with Crippen LogP contribution in [0.4, 0.5) is 18.9 Å². The van der Waals surface area contributed by atoms with Gasteiger partial charge in [0.25, 0.3) is 5.56 Å². The SMILES string of the molecule is CCS(=O)(=O)CC(=O)Nc1cc(C(F)(F)F)c[nH]c1=O. The predicted octanol–water partition coefficient (Wildman–Crippen LogP) is 0.767. The van der Waals surface area contributed by atoms with E-state index in [0.29, 0.717) is 12.3 Å². The summed E-state index contributed by atoms with van der Waals surface area (Å²) >= 11 is 0. The van der Waals surface area contributed by atoms with Gasteiger partial charge in [-0.2, -0.15) is 13.2 Å². The van der Waals surface area contributed by atoms with E-state index in [1.54, 1.807) is 0 Å². The number of sulfone groups is 1. The fourth-order valence-corrected chi connectivity index (χ4v) is 1.90. The molecule has 0 saturated carbocycles. The van der Waals surface area contributed by atoms with Crippen LogP contribution in [0.5, 0.6) is 0 Å². The minimum Gasteiger partial charge on any atom is -0.327 e. The zero-order chi connectivity index (χ0) is 15.6. The molecule has 0 unspecified atom stereocenters. The molecule has 0 aliphatic rings. The Morgan fingerprint density at radius 2 is 2.00 bits per heavy atom. The summed E-state index contributed by atoms with van der Waals surface area (Å²) < 4.78 is 59.7. The number of aromatic nitrogens is 1. The maximum atomic E-state index is 12.4. The standard InChI is InChI=1S/C10H11F3N2O4S/c1-2-20(18,19)5-8(16)15-7-3-6(10(11,12)13)4-14-9(7)17/h3-4H,2,5H2,1H3,(H,14,17)(H,15,16). The topological polar surface area (TPSA) is 96.1 Å². The average Bonchev–Trinajstić information content (AvgIpc) is 2.30. The lowest BCUT2D eigenvalue weighted by atomic mass is 10.2. The van der Waals surface area contributed by atoms with Crippen molar-refractivity contribution in [1.82, 2.24) is 4.98 Å². The number of anilines is 1. The largest absolute Gasteiger partial charge is 0.417 e. The summed E-state index contributed by atoms with van der Waals surface area (Å²) in [5.74, 6) is -2.27. The number of hydrogen-bond acceptors (Lipinski definition) is 4. The molecule has 6 nitrogen and oxygen atoms in total. The van der Waals surface area contributed by atoms with E-state index in [-0.39, 0.29) is 5.75 Å². The van der Waals surface area contributed by atoms with E-state index < -0.39 is 44.5 Å². The number of rotatable bonds is 4. The highest BCUT2D eigenvalue weighted by Gasteiger charge is 2.31. The molecule has 1 aromatic rings. The van der Waals surface area contributed by atoms with Crippen LogP contribution < -0.4 is 10.9 Å². The molecule has 0 spiro atoms. The second-order valence-electron chi connectivity index (χ2n) is 3.85. The van der Waals surface area contributed by atoms with Gasteiger partial charge in [-0.3, -0.25) is 9.59 Å². The molecule has 1 aromatic heterocycles. The Morgan fingerprint density at radius 3 is 2.50 bits per heavy atom. The van der Waals surface area contributed by atoms with Crippen LogP contribution in [0.25, 0.3) is 0 Å². The zero-order valence-corrected chi connectivity index (χ0v) is 11.1. The van der Waals surface area contributed by atoms with Crippen LogP contribution in [0.2, 0.25) is 0 Å². The highest BCUT2D eigenvalue weighted by molar-refractivity contribution is 7.92. The smallest absolute Gasteiger partial charge is 0.327 e. The highest BCUT2D eigenvalue weighted by Crippen LogP contribution is 2.29. The van der Waals surface area contributed by atoms with Crippen molar-refractivity contribution >= 4 is 21.4 Å². The Bertz CT molecular complexity index is 664. The Hall–Kier alpha value is -1.84. The van der Waals surface area contributed by atoms with Crippen LogP contribution in [0.3, 0.4) is 0 Å². The molecule has 1 rings (SSSR count). The van der Waals surface area contributed by atoms with Crippen molar-refractivity contribution in [1.29, 1.82) is 0 Å². The Balaban J connectivity index is 2.99. The first-order valence-corrected chi connectivity index (χ1v) is 7.17. The number of H-pyrrole nitrogens is 1. The second kappa shape index (κ2) is 5.65. The molecule has 10 heteroatoms. The molecule has 0 radical (unpaired) electrons. The Labute approximate surface area is 111 Å². The van der Waals surface area contributed by atoms with Gasteiger partial charge in [-0.15, -0.1) is 0 Å². The average molecular weight is 312 g/mol. The van der Waals surface area contributed by atoms with Crippen molar-refractivity contribution in [2.75, 3.05) is 16.8 Å². The van der Waals surface area contributed by atoms with Gasteiger partial charge in [0, 0.05) is 11.9 Å². The normalized spacial score (nSPS) is 12.2.